The molecule has 9 rings (SSSR count). The van der Waals surface area contributed by atoms with E-state index in [2.05, 4.69) is 42.5 Å². The van der Waals surface area contributed by atoms with Crippen molar-refractivity contribution < 1.29 is 131 Å². The van der Waals surface area contributed by atoms with Crippen molar-refractivity contribution in [3.63, 3.8) is 0 Å². The molecule has 0 spiro atoms. The predicted octanol–water partition coefficient (Wildman–Crippen LogP) is 3.12. The van der Waals surface area contributed by atoms with Gasteiger partial charge in [-0.15, -0.1) is 0 Å². The minimum atomic E-state index is -2.54. The molecule has 0 aromatic heterocycles. The average molecular weight is 1790 g/mol. The highest BCUT2D eigenvalue weighted by molar-refractivity contribution is 8.00. The van der Waals surface area contributed by atoms with E-state index in [1.54, 1.807) is 48.5 Å². The molecule has 0 radical (unpaired) electrons. The van der Waals surface area contributed by atoms with Crippen LogP contribution in [0.1, 0.15) is 106 Å². The third-order valence-corrected chi connectivity index (χ3v) is 24.3. The van der Waals surface area contributed by atoms with Crippen LogP contribution in [0, 0.1) is 0 Å². The van der Waals surface area contributed by atoms with Crippen molar-refractivity contribution in [1.29, 1.82) is 0 Å². The highest BCUT2D eigenvalue weighted by atomic mass is 32.2. The van der Waals surface area contributed by atoms with Gasteiger partial charge in [-0.1, -0.05) is 91.3 Å². The number of aliphatic hydroxyl groups is 6. The summed E-state index contributed by atoms with van der Waals surface area (Å²) in [6.45, 7) is 3.40. The Morgan fingerprint density at radius 3 is 1.56 bits per heavy atom. The molecule has 3 unspecified atom stereocenters. The van der Waals surface area contributed by atoms with Crippen molar-refractivity contribution in [2.24, 2.45) is 0 Å². The van der Waals surface area contributed by atoms with Crippen molar-refractivity contribution >= 4 is 88.7 Å². The number of carboxylic acids is 2. The van der Waals surface area contributed by atoms with Crippen LogP contribution < -0.4 is 47.3 Å². The molecule has 124 heavy (non-hydrogen) atoms. The summed E-state index contributed by atoms with van der Waals surface area (Å²) in [7, 11) is 0. The van der Waals surface area contributed by atoms with Gasteiger partial charge in [-0.3, -0.25) is 28.8 Å². The van der Waals surface area contributed by atoms with Gasteiger partial charge in [0.15, 0.2) is 0 Å². The SMILES string of the molecule is CC(=O)N[C@H]1[C@H]([C@H](O)[C@H](O)CNC(=O)c2ccc(-c3ccccc3)cc2)O[C@@](OCCCSCCNC(=O)c2ccc(C(=O)NCCSCCCO[C@]3(C(=O)O)C[C@H](O)C[C@H]([C@H](O)[C@H](O)CNC(=O)c4ccc(-c5ccccc5)cc4)O3)cc2OCCOCCOCCOCCOCCOCCNC(=O)CCCCC2SCC3NC(=O)NC32)(C(=O)O)C[C@@H]1O. The number of fused-ring (bicyclic) bond motifs is 1. The number of unbranched alkanes of at least 4 members (excludes halogenated alkanes) is 1. The molecule has 4 heterocycles. The van der Waals surface area contributed by atoms with E-state index >= 15 is 0 Å². The third-order valence-electron chi connectivity index (χ3n) is 20.6. The second-order valence-electron chi connectivity index (χ2n) is 29.8. The van der Waals surface area contributed by atoms with Crippen LogP contribution in [0.5, 0.6) is 5.75 Å². The Balaban J connectivity index is 0.673. The van der Waals surface area contributed by atoms with Gasteiger partial charge in [-0.2, -0.15) is 35.3 Å². The molecule has 16 N–H and O–H groups in total. The fourth-order valence-electron chi connectivity index (χ4n) is 14.1. The Morgan fingerprint density at radius 1 is 0.524 bits per heavy atom. The summed E-state index contributed by atoms with van der Waals surface area (Å²) in [6, 6.07) is 35.7. The molecule has 35 nitrogen and oxygen atoms in total. The number of aliphatic hydroxyl groups excluding tert-OH is 6. The fourth-order valence-corrected chi connectivity index (χ4v) is 17.2. The lowest BCUT2D eigenvalue weighted by Crippen LogP contribution is -2.68. The molecule has 5 aromatic carbocycles. The number of benzene rings is 5. The Bertz CT molecular complexity index is 4160. The molecule has 14 atom stereocenters. The van der Waals surface area contributed by atoms with Gasteiger partial charge in [0.1, 0.15) is 30.7 Å². The zero-order chi connectivity index (χ0) is 88.6. The van der Waals surface area contributed by atoms with Gasteiger partial charge < -0.3 is 131 Å². The molecule has 38 heteroatoms. The molecule has 680 valence electrons. The fraction of sp³-hybridized carbons (Fsp3) is 0.547. The van der Waals surface area contributed by atoms with Crippen LogP contribution in [0.25, 0.3) is 22.3 Å². The number of amides is 8. The standard InChI is InChI=1S/C86H116N8O27S3/c1-55(95)92-74-66(97)51-86(83(109)110,121-77(74)76(102)68(99)53-91-79(104)61-24-20-59(21-25-61)57-14-6-3-7-15-57)119-32-11-45-123-47-30-89-81(106)64-27-26-62(48-69(64)117-43-42-116-41-40-115-39-38-114-37-36-113-35-34-112-33-28-87-72(100)17-9-8-16-71-73-65(54-124-71)93-84(111)94-73)80(105)88-29-46-122-44-10-31-118-85(82(107)108)50-63(96)49-70(120-85)75(101)67(98)52-90-78(103)60-22-18-58(19-23-60)56-12-4-2-5-13-56/h2-7,12-15,18-27,48,63,65-68,70-71,73-77,96-99,101-102H,8-11,16-17,28-47,49-54H2,1H3,(H,87,100)(H,88,105)(H,89,106)(H,90,103)(H,91,104)(H,92,95)(H,107,108)(H,109,110)(H2,93,94,111)/t63-,65?,66+,67-,68-,70-,71?,73?,74-,75-,76-,77-,85-,86-/m1/s1. The summed E-state index contributed by atoms with van der Waals surface area (Å²) in [5, 5.41) is 110. The summed E-state index contributed by atoms with van der Waals surface area (Å²) in [5.41, 5.74) is 4.48. The number of hydrogen-bond acceptors (Lipinski definition) is 28. The molecular formula is C86H116N8O27S3. The number of ether oxygens (including phenoxy) is 10. The first kappa shape index (κ1) is 99.2. The Labute approximate surface area is 732 Å². The van der Waals surface area contributed by atoms with Crippen LogP contribution in [0.3, 0.4) is 0 Å². The van der Waals surface area contributed by atoms with E-state index in [0.717, 1.165) is 54.2 Å². The number of hydrogen-bond donors (Lipinski definition) is 16. The maximum absolute atomic E-state index is 13.8. The van der Waals surface area contributed by atoms with E-state index in [9.17, 15) is 84.0 Å². The van der Waals surface area contributed by atoms with Gasteiger partial charge in [0.25, 0.3) is 35.2 Å². The lowest BCUT2D eigenvalue weighted by Gasteiger charge is -2.46. The van der Waals surface area contributed by atoms with Gasteiger partial charge in [0.05, 0.1) is 133 Å². The number of urea groups is 1. The number of rotatable bonds is 57. The van der Waals surface area contributed by atoms with Crippen molar-refractivity contribution in [2.75, 3.05) is 147 Å². The monoisotopic (exact) mass is 1790 g/mol. The summed E-state index contributed by atoms with van der Waals surface area (Å²) in [4.78, 5) is 115. The third kappa shape index (κ3) is 31.7. The number of carbonyl (C=O) groups is 9. The van der Waals surface area contributed by atoms with E-state index < -0.39 is 134 Å². The molecular weight excluding hydrogens is 1670 g/mol. The van der Waals surface area contributed by atoms with Crippen LogP contribution in [-0.2, 0) is 61.8 Å². The van der Waals surface area contributed by atoms with Gasteiger partial charge in [0, 0.05) is 105 Å². The first-order valence-corrected chi connectivity index (χ1v) is 44.9. The van der Waals surface area contributed by atoms with Crippen LogP contribution in [0.4, 0.5) is 4.79 Å². The Hall–Kier alpha value is -8.62. The molecule has 0 bridgehead atoms. The Kier molecular flexibility index (Phi) is 42.0. The average Bonchev–Trinajstić information content (AvgIpc) is 1.02. The van der Waals surface area contributed by atoms with Crippen molar-refractivity contribution in [2.45, 2.75) is 148 Å². The van der Waals surface area contributed by atoms with Crippen molar-refractivity contribution in [1.82, 2.24) is 42.5 Å². The van der Waals surface area contributed by atoms with Crippen LogP contribution in [0.2, 0.25) is 0 Å². The summed E-state index contributed by atoms with van der Waals surface area (Å²) < 4.78 is 57.5. The molecule has 5 aromatic rings. The topological polar surface area (TPSA) is 504 Å². The smallest absolute Gasteiger partial charge is 0.364 e. The van der Waals surface area contributed by atoms with Gasteiger partial charge in [-0.25, -0.2) is 14.4 Å². The van der Waals surface area contributed by atoms with Gasteiger partial charge >= 0.3 is 18.0 Å². The minimum absolute atomic E-state index is 0.0211. The molecule has 4 fully saturated rings. The quantitative estimate of drug-likeness (QED) is 0.0196. The van der Waals surface area contributed by atoms with E-state index in [1.807, 2.05) is 72.4 Å². The zero-order valence-corrected chi connectivity index (χ0v) is 71.7. The molecule has 4 aliphatic rings. The highest BCUT2D eigenvalue weighted by Crippen LogP contribution is 2.37. The molecule has 0 aliphatic carbocycles. The van der Waals surface area contributed by atoms with Crippen molar-refractivity contribution in [3.05, 3.63) is 150 Å². The zero-order valence-electron chi connectivity index (χ0n) is 69.2. The van der Waals surface area contributed by atoms with Gasteiger partial charge in [-0.05, 0) is 102 Å². The minimum Gasteiger partial charge on any atom is -0.490 e. The number of nitrogens with one attached hydrogen (secondary N) is 8. The molecule has 4 saturated heterocycles. The maximum Gasteiger partial charge on any atom is 0.364 e. The normalized spacial score (nSPS) is 21.9. The maximum atomic E-state index is 13.8. The summed E-state index contributed by atoms with van der Waals surface area (Å²) in [5.74, 6) is -8.30. The largest absolute Gasteiger partial charge is 0.490 e. The van der Waals surface area contributed by atoms with E-state index in [1.165, 1.54) is 41.7 Å². The Morgan fingerprint density at radius 2 is 1.02 bits per heavy atom. The predicted molar refractivity (Wildman–Crippen MR) is 460 cm³/mol. The first-order valence-electron chi connectivity index (χ1n) is 41.6. The van der Waals surface area contributed by atoms with Crippen molar-refractivity contribution in [3.8, 4) is 28.0 Å². The second-order valence-corrected chi connectivity index (χ2v) is 33.6. The molecule has 0 saturated carbocycles. The van der Waals surface area contributed by atoms with Crippen LogP contribution in [0.15, 0.2) is 127 Å². The number of aliphatic carboxylic acids is 2. The number of carboxylic acid groups (broad SMARTS) is 2. The van der Waals surface area contributed by atoms with Crippen LogP contribution >= 0.6 is 35.3 Å². The van der Waals surface area contributed by atoms with E-state index in [4.69, 9.17) is 47.4 Å². The second kappa shape index (κ2) is 52.5. The first-order chi connectivity index (χ1) is 59.9. The van der Waals surface area contributed by atoms with E-state index in [-0.39, 0.29) is 119 Å². The lowest BCUT2D eigenvalue weighted by atomic mass is 9.88. The summed E-state index contributed by atoms with van der Waals surface area (Å²) >= 11 is 4.67. The summed E-state index contributed by atoms with van der Waals surface area (Å²) in [6.07, 6.45) is -10.9. The lowest BCUT2D eigenvalue weighted by molar-refractivity contribution is -0.310. The number of carbonyl (C=O) groups excluding carboxylic acids is 7. The number of thioether (sulfide) groups is 3. The highest BCUT2D eigenvalue weighted by Gasteiger charge is 2.56. The van der Waals surface area contributed by atoms with E-state index in [0.29, 0.717) is 92.9 Å². The molecule has 8 amide bonds. The molecule has 4 aliphatic heterocycles. The van der Waals surface area contributed by atoms with Gasteiger partial charge in [0.2, 0.25) is 11.8 Å². The van der Waals surface area contributed by atoms with Crippen LogP contribution in [-0.4, -0.2) is 325 Å².